The van der Waals surface area contributed by atoms with Gasteiger partial charge in [0.1, 0.15) is 0 Å². The van der Waals surface area contributed by atoms with Gasteiger partial charge in [-0.3, -0.25) is 4.98 Å². The highest BCUT2D eigenvalue weighted by atomic mass is 16.5. The summed E-state index contributed by atoms with van der Waals surface area (Å²) in [5.41, 5.74) is 5.11. The Morgan fingerprint density at radius 1 is 0.871 bits per heavy atom. The summed E-state index contributed by atoms with van der Waals surface area (Å²) in [6, 6.07) is 16.3. The van der Waals surface area contributed by atoms with Crippen LogP contribution in [0.25, 0.3) is 33.3 Å². The fraction of sp³-hybridized carbons (Fsp3) is 0.240. The molecular weight excluding hydrogens is 392 g/mol. The van der Waals surface area contributed by atoms with Crippen molar-refractivity contribution >= 4 is 10.9 Å². The monoisotopic (exact) mass is 418 g/mol. The van der Waals surface area contributed by atoms with Gasteiger partial charge in [0.2, 0.25) is 5.75 Å². The molecule has 0 aliphatic carbocycles. The van der Waals surface area contributed by atoms with Crippen LogP contribution < -0.4 is 14.2 Å². The molecule has 4 rings (SSSR count). The fourth-order valence-electron chi connectivity index (χ4n) is 3.88. The van der Waals surface area contributed by atoms with Gasteiger partial charge >= 0.3 is 0 Å². The predicted molar refractivity (Wildman–Crippen MR) is 122 cm³/mol. The summed E-state index contributed by atoms with van der Waals surface area (Å²) in [4.78, 5) is 4.25. The Morgan fingerprint density at radius 2 is 1.52 bits per heavy atom. The molecule has 0 saturated carbocycles. The zero-order valence-electron chi connectivity index (χ0n) is 18.1. The number of fused-ring (bicyclic) bond motifs is 1. The van der Waals surface area contributed by atoms with Crippen LogP contribution in [0.5, 0.6) is 17.2 Å². The molecule has 2 aromatic carbocycles. The van der Waals surface area contributed by atoms with Crippen LogP contribution in [0.2, 0.25) is 0 Å². The number of hydrogen-bond donors (Lipinski definition) is 1. The van der Waals surface area contributed by atoms with Crippen molar-refractivity contribution < 1.29 is 19.3 Å². The minimum Gasteiger partial charge on any atom is -0.493 e. The van der Waals surface area contributed by atoms with Crippen molar-refractivity contribution in [3.8, 4) is 39.6 Å². The van der Waals surface area contributed by atoms with Crippen LogP contribution in [0.3, 0.4) is 0 Å². The van der Waals surface area contributed by atoms with Gasteiger partial charge in [-0.05, 0) is 47.9 Å². The molecule has 160 valence electrons. The normalized spacial score (nSPS) is 12.0. The van der Waals surface area contributed by atoms with Crippen LogP contribution >= 0.6 is 0 Å². The van der Waals surface area contributed by atoms with Crippen molar-refractivity contribution in [2.45, 2.75) is 19.6 Å². The van der Waals surface area contributed by atoms with E-state index in [9.17, 15) is 5.11 Å². The third-order valence-corrected chi connectivity index (χ3v) is 5.33. The number of pyridine rings is 1. The van der Waals surface area contributed by atoms with Crippen molar-refractivity contribution in [1.29, 1.82) is 0 Å². The Hall–Kier alpha value is -3.51. The third-order valence-electron chi connectivity index (χ3n) is 5.33. The first-order valence-electron chi connectivity index (χ1n) is 10.1. The average molecular weight is 418 g/mol. The molecule has 0 aliphatic rings. The van der Waals surface area contributed by atoms with Crippen molar-refractivity contribution in [3.05, 3.63) is 60.9 Å². The largest absolute Gasteiger partial charge is 0.493 e. The Labute approximate surface area is 181 Å². The molecule has 0 unspecified atom stereocenters. The Bertz CT molecular complexity index is 1170. The smallest absolute Gasteiger partial charge is 0.203 e. The minimum absolute atomic E-state index is 0.465. The average Bonchev–Trinajstić information content (AvgIpc) is 3.16. The number of methoxy groups -OCH3 is 3. The molecule has 0 amide bonds. The molecule has 0 saturated heterocycles. The number of nitrogens with zero attached hydrogens (tertiary/aromatic N) is 2. The van der Waals surface area contributed by atoms with E-state index in [1.165, 1.54) is 0 Å². The van der Waals surface area contributed by atoms with E-state index in [0.29, 0.717) is 23.8 Å². The highest BCUT2D eigenvalue weighted by Gasteiger charge is 2.15. The Kier molecular flexibility index (Phi) is 5.82. The van der Waals surface area contributed by atoms with E-state index in [-0.39, 0.29) is 0 Å². The lowest BCUT2D eigenvalue weighted by molar-refractivity contribution is 0.176. The number of ether oxygens (including phenoxy) is 3. The zero-order chi connectivity index (χ0) is 22.0. The van der Waals surface area contributed by atoms with Gasteiger partial charge in [0.15, 0.2) is 11.5 Å². The molecule has 2 heterocycles. The molecular formula is C25H26N2O4. The highest BCUT2D eigenvalue weighted by Crippen LogP contribution is 2.41. The van der Waals surface area contributed by atoms with Gasteiger partial charge in [0.05, 0.1) is 39.1 Å². The molecule has 2 aromatic heterocycles. The van der Waals surface area contributed by atoms with Crippen LogP contribution in [0.1, 0.15) is 6.92 Å². The van der Waals surface area contributed by atoms with Crippen molar-refractivity contribution in [2.24, 2.45) is 0 Å². The fourth-order valence-corrected chi connectivity index (χ4v) is 3.88. The Balaban J connectivity index is 1.76. The molecule has 0 spiro atoms. The topological polar surface area (TPSA) is 65.7 Å². The number of aliphatic hydroxyl groups is 1. The van der Waals surface area contributed by atoms with Crippen LogP contribution in [0, 0.1) is 0 Å². The summed E-state index contributed by atoms with van der Waals surface area (Å²) < 4.78 is 18.5. The Morgan fingerprint density at radius 3 is 2.10 bits per heavy atom. The van der Waals surface area contributed by atoms with Crippen LogP contribution in [0.4, 0.5) is 0 Å². The number of benzene rings is 2. The summed E-state index contributed by atoms with van der Waals surface area (Å²) in [5, 5.41) is 11.1. The van der Waals surface area contributed by atoms with Gasteiger partial charge in [-0.25, -0.2) is 0 Å². The van der Waals surface area contributed by atoms with Crippen molar-refractivity contribution in [3.63, 3.8) is 0 Å². The first-order chi connectivity index (χ1) is 15.0. The maximum atomic E-state index is 10.0. The highest BCUT2D eigenvalue weighted by molar-refractivity contribution is 5.86. The van der Waals surface area contributed by atoms with Crippen LogP contribution in [-0.2, 0) is 6.54 Å². The molecule has 4 aromatic rings. The van der Waals surface area contributed by atoms with Gasteiger partial charge in [-0.2, -0.15) is 0 Å². The van der Waals surface area contributed by atoms with E-state index in [0.717, 1.165) is 33.3 Å². The SMILES string of the molecule is COc1cc(-c2ccc(-c3cc4ccncc4n3C[C@@H](C)O)cc2)cc(OC)c1OC. The molecule has 6 nitrogen and oxygen atoms in total. The lowest BCUT2D eigenvalue weighted by Crippen LogP contribution is -2.12. The van der Waals surface area contributed by atoms with E-state index in [1.54, 1.807) is 34.4 Å². The van der Waals surface area contributed by atoms with Crippen molar-refractivity contribution in [1.82, 2.24) is 9.55 Å². The van der Waals surface area contributed by atoms with E-state index < -0.39 is 6.10 Å². The number of aliphatic hydroxyl groups excluding tert-OH is 1. The number of rotatable bonds is 7. The van der Waals surface area contributed by atoms with E-state index in [2.05, 4.69) is 39.9 Å². The molecule has 1 atom stereocenters. The lowest BCUT2D eigenvalue weighted by Gasteiger charge is -2.15. The van der Waals surface area contributed by atoms with Gasteiger partial charge in [-0.1, -0.05) is 24.3 Å². The van der Waals surface area contributed by atoms with Crippen molar-refractivity contribution in [2.75, 3.05) is 21.3 Å². The van der Waals surface area contributed by atoms with Gasteiger partial charge in [0.25, 0.3) is 0 Å². The van der Waals surface area contributed by atoms with E-state index in [1.807, 2.05) is 24.4 Å². The minimum atomic E-state index is -0.465. The molecule has 1 N–H and O–H groups in total. The molecule has 0 radical (unpaired) electrons. The predicted octanol–water partition coefficient (Wildman–Crippen LogP) is 4.78. The van der Waals surface area contributed by atoms with E-state index >= 15 is 0 Å². The summed E-state index contributed by atoms with van der Waals surface area (Å²) in [6.07, 6.45) is 3.16. The standard InChI is InChI=1S/C25H26N2O4/c1-16(28)15-27-21(11-19-9-10-26-14-22(19)27)18-7-5-17(6-8-18)20-12-23(29-2)25(31-4)24(13-20)30-3/h5-14,16,28H,15H2,1-4H3/t16-/m1/s1. The first-order valence-corrected chi connectivity index (χ1v) is 10.1. The number of hydrogen-bond acceptors (Lipinski definition) is 5. The van der Waals surface area contributed by atoms with Crippen LogP contribution in [-0.4, -0.2) is 42.1 Å². The lowest BCUT2D eigenvalue weighted by atomic mass is 10.0. The molecule has 31 heavy (non-hydrogen) atoms. The summed E-state index contributed by atoms with van der Waals surface area (Å²) in [6.45, 7) is 2.29. The quantitative estimate of drug-likeness (QED) is 0.468. The molecule has 0 aliphatic heterocycles. The summed E-state index contributed by atoms with van der Waals surface area (Å²) >= 11 is 0. The third kappa shape index (κ3) is 3.94. The molecule has 6 heteroatoms. The van der Waals surface area contributed by atoms with Gasteiger partial charge in [0, 0.05) is 23.8 Å². The van der Waals surface area contributed by atoms with E-state index in [4.69, 9.17) is 14.2 Å². The second-order valence-electron chi connectivity index (χ2n) is 7.42. The summed E-state index contributed by atoms with van der Waals surface area (Å²) in [7, 11) is 4.82. The molecule has 0 bridgehead atoms. The second-order valence-corrected chi connectivity index (χ2v) is 7.42. The maximum Gasteiger partial charge on any atom is 0.203 e. The van der Waals surface area contributed by atoms with Crippen LogP contribution in [0.15, 0.2) is 60.9 Å². The first kappa shape index (κ1) is 20.8. The number of aromatic nitrogens is 2. The van der Waals surface area contributed by atoms with Gasteiger partial charge in [-0.15, -0.1) is 0 Å². The second kappa shape index (κ2) is 8.70. The van der Waals surface area contributed by atoms with Gasteiger partial charge < -0.3 is 23.9 Å². The summed E-state index contributed by atoms with van der Waals surface area (Å²) in [5.74, 6) is 1.80. The zero-order valence-corrected chi connectivity index (χ0v) is 18.1. The molecule has 0 fully saturated rings. The maximum absolute atomic E-state index is 10.0.